The standard InChI is InChI=1S/C17H23N3O3S/c1-2-24(22,23)20-9-5-8-19(10-11-20)17(21)12-14-13-18-16-7-4-3-6-15(14)16/h3-4,6-7,13,18H,2,5,8-12H2,1H3. The van der Waals surface area contributed by atoms with Crippen LogP contribution in [0.15, 0.2) is 30.5 Å². The van der Waals surface area contributed by atoms with Gasteiger partial charge in [-0.25, -0.2) is 12.7 Å². The van der Waals surface area contributed by atoms with Crippen LogP contribution in [0.3, 0.4) is 0 Å². The van der Waals surface area contributed by atoms with Gasteiger partial charge in [0, 0.05) is 43.3 Å². The number of hydrogen-bond donors (Lipinski definition) is 1. The van der Waals surface area contributed by atoms with E-state index in [-0.39, 0.29) is 11.7 Å². The minimum atomic E-state index is -3.18. The number of aromatic amines is 1. The molecule has 2 heterocycles. The number of hydrogen-bond acceptors (Lipinski definition) is 3. The second-order valence-electron chi connectivity index (χ2n) is 6.07. The van der Waals surface area contributed by atoms with E-state index in [0.29, 0.717) is 39.0 Å². The normalized spacial score (nSPS) is 17.1. The van der Waals surface area contributed by atoms with Crippen LogP contribution in [-0.4, -0.2) is 60.4 Å². The van der Waals surface area contributed by atoms with E-state index in [9.17, 15) is 13.2 Å². The van der Waals surface area contributed by atoms with Gasteiger partial charge in [0.15, 0.2) is 0 Å². The van der Waals surface area contributed by atoms with Crippen molar-refractivity contribution in [2.24, 2.45) is 0 Å². The Morgan fingerprint density at radius 1 is 1.17 bits per heavy atom. The quantitative estimate of drug-likeness (QED) is 0.911. The van der Waals surface area contributed by atoms with Gasteiger partial charge in [-0.05, 0) is 25.0 Å². The lowest BCUT2D eigenvalue weighted by Crippen LogP contribution is -2.38. The van der Waals surface area contributed by atoms with Crippen LogP contribution in [0.4, 0.5) is 0 Å². The Balaban J connectivity index is 1.67. The third kappa shape index (κ3) is 3.47. The van der Waals surface area contributed by atoms with Crippen molar-refractivity contribution >= 4 is 26.8 Å². The zero-order chi connectivity index (χ0) is 17.2. The predicted molar refractivity (Wildman–Crippen MR) is 94.2 cm³/mol. The van der Waals surface area contributed by atoms with E-state index >= 15 is 0 Å². The maximum atomic E-state index is 12.6. The van der Waals surface area contributed by atoms with Gasteiger partial charge in [-0.2, -0.15) is 0 Å². The molecule has 2 aromatic rings. The van der Waals surface area contributed by atoms with Crippen LogP contribution in [0, 0.1) is 0 Å². The maximum Gasteiger partial charge on any atom is 0.227 e. The Morgan fingerprint density at radius 3 is 2.75 bits per heavy atom. The van der Waals surface area contributed by atoms with Gasteiger partial charge in [0.2, 0.25) is 15.9 Å². The van der Waals surface area contributed by atoms with Gasteiger partial charge >= 0.3 is 0 Å². The first-order valence-electron chi connectivity index (χ1n) is 8.32. The molecule has 1 N–H and O–H groups in total. The van der Waals surface area contributed by atoms with E-state index in [1.54, 1.807) is 11.8 Å². The van der Waals surface area contributed by atoms with Crippen LogP contribution in [0.1, 0.15) is 18.9 Å². The third-order valence-corrected chi connectivity index (χ3v) is 6.46. The number of carbonyl (C=O) groups excluding carboxylic acids is 1. The molecule has 7 heteroatoms. The van der Waals surface area contributed by atoms with Crippen molar-refractivity contribution in [1.29, 1.82) is 0 Å². The Labute approximate surface area is 142 Å². The molecule has 0 atom stereocenters. The van der Waals surface area contributed by atoms with E-state index in [2.05, 4.69) is 4.98 Å². The second-order valence-corrected chi connectivity index (χ2v) is 8.33. The topological polar surface area (TPSA) is 73.5 Å². The number of H-pyrrole nitrogens is 1. The molecule has 0 radical (unpaired) electrons. The van der Waals surface area contributed by atoms with E-state index in [4.69, 9.17) is 0 Å². The lowest BCUT2D eigenvalue weighted by atomic mass is 10.1. The molecule has 0 saturated carbocycles. The fourth-order valence-electron chi connectivity index (χ4n) is 3.16. The molecule has 1 fully saturated rings. The van der Waals surface area contributed by atoms with Gasteiger partial charge in [0.25, 0.3) is 0 Å². The average Bonchev–Trinajstić information content (AvgIpc) is 2.82. The van der Waals surface area contributed by atoms with E-state index < -0.39 is 10.0 Å². The molecule has 0 bridgehead atoms. The Morgan fingerprint density at radius 2 is 1.96 bits per heavy atom. The molecule has 1 aromatic heterocycles. The lowest BCUT2D eigenvalue weighted by Gasteiger charge is -2.21. The first-order chi connectivity index (χ1) is 11.5. The monoisotopic (exact) mass is 349 g/mol. The van der Waals surface area contributed by atoms with Gasteiger partial charge in [0.05, 0.1) is 12.2 Å². The minimum absolute atomic E-state index is 0.0514. The van der Waals surface area contributed by atoms with Crippen LogP contribution in [-0.2, 0) is 21.2 Å². The highest BCUT2D eigenvalue weighted by molar-refractivity contribution is 7.89. The second kappa shape index (κ2) is 6.94. The highest BCUT2D eigenvalue weighted by Crippen LogP contribution is 2.19. The molecule has 0 unspecified atom stereocenters. The molecule has 1 aromatic carbocycles. The molecular formula is C17H23N3O3S. The van der Waals surface area contributed by atoms with Gasteiger partial charge in [-0.15, -0.1) is 0 Å². The SMILES string of the molecule is CCS(=O)(=O)N1CCCN(C(=O)Cc2c[nH]c3ccccc23)CC1. The van der Waals surface area contributed by atoms with Crippen LogP contribution in [0.25, 0.3) is 10.9 Å². The van der Waals surface area contributed by atoms with Crippen molar-refractivity contribution in [2.45, 2.75) is 19.8 Å². The van der Waals surface area contributed by atoms with Gasteiger partial charge in [0.1, 0.15) is 0 Å². The van der Waals surface area contributed by atoms with Crippen molar-refractivity contribution in [3.8, 4) is 0 Å². The van der Waals surface area contributed by atoms with E-state index in [0.717, 1.165) is 16.5 Å². The Hall–Kier alpha value is -1.86. The van der Waals surface area contributed by atoms with Crippen molar-refractivity contribution in [2.75, 3.05) is 31.9 Å². The molecule has 0 spiro atoms. The summed E-state index contributed by atoms with van der Waals surface area (Å²) in [6.45, 7) is 3.60. The van der Waals surface area contributed by atoms with Crippen molar-refractivity contribution in [3.05, 3.63) is 36.0 Å². The molecule has 130 valence electrons. The summed E-state index contributed by atoms with van der Waals surface area (Å²) in [6, 6.07) is 7.92. The molecule has 1 aliphatic rings. The molecular weight excluding hydrogens is 326 g/mol. The summed E-state index contributed by atoms with van der Waals surface area (Å²) in [4.78, 5) is 17.6. The average molecular weight is 349 g/mol. The number of rotatable bonds is 4. The fraction of sp³-hybridized carbons (Fsp3) is 0.471. The maximum absolute atomic E-state index is 12.6. The lowest BCUT2D eigenvalue weighted by molar-refractivity contribution is -0.130. The van der Waals surface area contributed by atoms with Crippen LogP contribution in [0.2, 0.25) is 0 Å². The first kappa shape index (κ1) is 17.0. The Kier molecular flexibility index (Phi) is 4.91. The highest BCUT2D eigenvalue weighted by Gasteiger charge is 2.25. The zero-order valence-corrected chi connectivity index (χ0v) is 14.7. The number of carbonyl (C=O) groups is 1. The molecule has 3 rings (SSSR count). The molecule has 0 aliphatic carbocycles. The number of nitrogens with one attached hydrogen (secondary N) is 1. The first-order valence-corrected chi connectivity index (χ1v) is 9.93. The van der Waals surface area contributed by atoms with Crippen molar-refractivity contribution in [1.82, 2.24) is 14.2 Å². The van der Waals surface area contributed by atoms with Gasteiger partial charge in [-0.3, -0.25) is 4.79 Å². The smallest absolute Gasteiger partial charge is 0.227 e. The summed E-state index contributed by atoms with van der Waals surface area (Å²) in [5.74, 6) is 0.159. The number of fused-ring (bicyclic) bond motifs is 1. The molecule has 1 saturated heterocycles. The molecule has 1 aliphatic heterocycles. The summed E-state index contributed by atoms with van der Waals surface area (Å²) in [7, 11) is -3.18. The van der Waals surface area contributed by atoms with E-state index in [1.807, 2.05) is 30.5 Å². The van der Waals surface area contributed by atoms with Gasteiger partial charge < -0.3 is 9.88 Å². The number of amides is 1. The zero-order valence-electron chi connectivity index (χ0n) is 13.9. The number of aromatic nitrogens is 1. The van der Waals surface area contributed by atoms with Crippen molar-refractivity contribution in [3.63, 3.8) is 0 Å². The summed E-state index contributed by atoms with van der Waals surface area (Å²) in [6.07, 6.45) is 2.90. The largest absolute Gasteiger partial charge is 0.361 e. The minimum Gasteiger partial charge on any atom is -0.361 e. The molecule has 6 nitrogen and oxygen atoms in total. The molecule has 1 amide bonds. The number of sulfonamides is 1. The number of benzene rings is 1. The van der Waals surface area contributed by atoms with Gasteiger partial charge in [-0.1, -0.05) is 18.2 Å². The number of para-hydroxylation sites is 1. The van der Waals surface area contributed by atoms with Crippen molar-refractivity contribution < 1.29 is 13.2 Å². The highest BCUT2D eigenvalue weighted by atomic mass is 32.2. The van der Waals surface area contributed by atoms with Crippen LogP contribution < -0.4 is 0 Å². The summed E-state index contributed by atoms with van der Waals surface area (Å²) in [5.41, 5.74) is 2.01. The third-order valence-electron chi connectivity index (χ3n) is 4.58. The van der Waals surface area contributed by atoms with E-state index in [1.165, 1.54) is 4.31 Å². The van der Waals surface area contributed by atoms with Crippen LogP contribution >= 0.6 is 0 Å². The number of nitrogens with zero attached hydrogens (tertiary/aromatic N) is 2. The molecule has 24 heavy (non-hydrogen) atoms. The fourth-order valence-corrected chi connectivity index (χ4v) is 4.29. The Bertz CT molecular complexity index is 828. The predicted octanol–water partition coefficient (Wildman–Crippen LogP) is 1.59. The van der Waals surface area contributed by atoms with Crippen LogP contribution in [0.5, 0.6) is 0 Å². The summed E-state index contributed by atoms with van der Waals surface area (Å²) >= 11 is 0. The summed E-state index contributed by atoms with van der Waals surface area (Å²) in [5, 5.41) is 1.07. The summed E-state index contributed by atoms with van der Waals surface area (Å²) < 4.78 is 25.5.